The Morgan fingerprint density at radius 1 is 0.475 bits per heavy atom. The smallest absolute Gasteiger partial charge is 0.231 e. The van der Waals surface area contributed by atoms with Gasteiger partial charge in [-0.1, -0.05) is 78.9 Å². The third-order valence-corrected chi connectivity index (χ3v) is 8.99. The van der Waals surface area contributed by atoms with Crippen LogP contribution in [-0.2, 0) is 0 Å². The first-order valence-electron chi connectivity index (χ1n) is 14.1. The minimum absolute atomic E-state index is 0.200. The van der Waals surface area contributed by atoms with E-state index in [4.69, 9.17) is 0 Å². The van der Waals surface area contributed by atoms with E-state index in [1.807, 2.05) is 0 Å². The van der Waals surface area contributed by atoms with Crippen molar-refractivity contribution in [1.82, 2.24) is 0 Å². The molecule has 40 heavy (non-hydrogen) atoms. The van der Waals surface area contributed by atoms with Crippen molar-refractivity contribution in [1.29, 1.82) is 0 Å². The standard InChI is InChI=1S/C36H26BN3/c1-4-13-25(14-5-1)38-28-19-10-21-30-34(28)37-35-29(38)20-11-22-31(35)40(27-17-8-3-9-18-27)33-24-12-23-32(36(33)37)39(30)26-15-6-2-7-16-26/h1-24,28,34H. The lowest BCUT2D eigenvalue weighted by molar-refractivity contribution is 0.722. The number of anilines is 7. The van der Waals surface area contributed by atoms with Crippen LogP contribution in [0.3, 0.4) is 0 Å². The molecule has 9 rings (SSSR count). The highest BCUT2D eigenvalue weighted by molar-refractivity contribution is 6.93. The Hall–Kier alpha value is -4.96. The van der Waals surface area contributed by atoms with E-state index in [0.717, 1.165) is 0 Å². The highest BCUT2D eigenvalue weighted by atomic mass is 15.2. The van der Waals surface area contributed by atoms with E-state index in [2.05, 4.69) is 160 Å². The monoisotopic (exact) mass is 511 g/mol. The molecule has 188 valence electrons. The van der Waals surface area contributed by atoms with Crippen molar-refractivity contribution in [2.24, 2.45) is 0 Å². The number of nitrogens with zero attached hydrogens (tertiary/aromatic N) is 3. The number of allylic oxidation sites excluding steroid dienone is 2. The topological polar surface area (TPSA) is 9.72 Å². The number of para-hydroxylation sites is 3. The first-order valence-corrected chi connectivity index (χ1v) is 14.1. The first-order chi connectivity index (χ1) is 19.9. The number of hydrogen-bond acceptors (Lipinski definition) is 3. The summed E-state index contributed by atoms with van der Waals surface area (Å²) < 4.78 is 0. The Kier molecular flexibility index (Phi) is 4.53. The minimum Gasteiger partial charge on any atom is -0.335 e. The maximum atomic E-state index is 2.58. The average molecular weight is 511 g/mol. The normalized spacial score (nSPS) is 19.4. The number of hydrogen-bond donors (Lipinski definition) is 0. The van der Waals surface area contributed by atoms with Gasteiger partial charge in [-0.25, -0.2) is 0 Å². The largest absolute Gasteiger partial charge is 0.335 e. The van der Waals surface area contributed by atoms with E-state index in [9.17, 15) is 0 Å². The molecule has 5 aromatic rings. The Bertz CT molecular complexity index is 1830. The molecule has 0 radical (unpaired) electrons. The number of benzene rings is 5. The summed E-state index contributed by atoms with van der Waals surface area (Å²) in [5, 5.41) is 0. The second-order valence-electron chi connectivity index (χ2n) is 10.9. The molecule has 3 aliphatic heterocycles. The predicted molar refractivity (Wildman–Crippen MR) is 168 cm³/mol. The molecule has 3 heterocycles. The van der Waals surface area contributed by atoms with Crippen molar-refractivity contribution in [2.75, 3.05) is 14.7 Å². The summed E-state index contributed by atoms with van der Waals surface area (Å²) >= 11 is 0. The van der Waals surface area contributed by atoms with Gasteiger partial charge < -0.3 is 14.7 Å². The molecule has 0 saturated carbocycles. The van der Waals surface area contributed by atoms with Gasteiger partial charge in [0.05, 0.1) is 6.04 Å². The molecule has 4 aliphatic rings. The summed E-state index contributed by atoms with van der Waals surface area (Å²) in [7, 11) is 0. The van der Waals surface area contributed by atoms with Crippen molar-refractivity contribution in [3.63, 3.8) is 0 Å². The van der Waals surface area contributed by atoms with Crippen LogP contribution in [0.25, 0.3) is 0 Å². The van der Waals surface area contributed by atoms with E-state index in [1.165, 1.54) is 56.4 Å². The van der Waals surface area contributed by atoms with Crippen molar-refractivity contribution >= 4 is 57.5 Å². The maximum absolute atomic E-state index is 2.58. The molecule has 4 heteroatoms. The van der Waals surface area contributed by atoms with Crippen LogP contribution in [0.1, 0.15) is 0 Å². The molecule has 0 spiro atoms. The molecule has 3 nitrogen and oxygen atoms in total. The van der Waals surface area contributed by atoms with Crippen molar-refractivity contribution in [2.45, 2.75) is 11.9 Å². The van der Waals surface area contributed by atoms with Gasteiger partial charge in [-0.05, 0) is 77.7 Å². The van der Waals surface area contributed by atoms with Crippen LogP contribution in [-0.4, -0.2) is 12.8 Å². The van der Waals surface area contributed by atoms with E-state index in [0.29, 0.717) is 0 Å². The maximum Gasteiger partial charge on any atom is 0.231 e. The van der Waals surface area contributed by atoms with Gasteiger partial charge in [0.2, 0.25) is 6.71 Å². The number of rotatable bonds is 3. The van der Waals surface area contributed by atoms with Crippen LogP contribution < -0.4 is 25.6 Å². The quantitative estimate of drug-likeness (QED) is 0.231. The van der Waals surface area contributed by atoms with Crippen LogP contribution >= 0.6 is 0 Å². The highest BCUT2D eigenvalue weighted by Gasteiger charge is 2.55. The van der Waals surface area contributed by atoms with Crippen molar-refractivity contribution in [3.8, 4) is 0 Å². The molecular formula is C36H26BN3. The van der Waals surface area contributed by atoms with Gasteiger partial charge in [-0.15, -0.1) is 0 Å². The molecule has 2 atom stereocenters. The Morgan fingerprint density at radius 3 is 1.60 bits per heavy atom. The molecule has 0 N–H and O–H groups in total. The van der Waals surface area contributed by atoms with Crippen LogP contribution in [0.15, 0.2) is 151 Å². The van der Waals surface area contributed by atoms with Crippen LogP contribution in [0.5, 0.6) is 0 Å². The summed E-state index contributed by atoms with van der Waals surface area (Å²) in [6.45, 7) is 0.262. The lowest BCUT2D eigenvalue weighted by Gasteiger charge is -2.55. The van der Waals surface area contributed by atoms with Gasteiger partial charge in [0.15, 0.2) is 0 Å². The van der Waals surface area contributed by atoms with Gasteiger partial charge in [0, 0.05) is 51.3 Å². The molecule has 0 bridgehead atoms. The second-order valence-corrected chi connectivity index (χ2v) is 10.9. The summed E-state index contributed by atoms with van der Waals surface area (Å²) in [5.41, 5.74) is 13.0. The average Bonchev–Trinajstić information content (AvgIpc) is 3.03. The molecule has 5 aromatic carbocycles. The molecule has 0 amide bonds. The molecule has 0 saturated heterocycles. The summed E-state index contributed by atoms with van der Waals surface area (Å²) in [6, 6.07) is 46.6. The zero-order valence-electron chi connectivity index (χ0n) is 21.9. The Morgan fingerprint density at radius 2 is 0.975 bits per heavy atom. The predicted octanol–water partition coefficient (Wildman–Crippen LogP) is 7.57. The summed E-state index contributed by atoms with van der Waals surface area (Å²) in [4.78, 5) is 7.57. The first kappa shape index (κ1) is 21.9. The van der Waals surface area contributed by atoms with Crippen LogP contribution in [0.4, 0.5) is 39.8 Å². The van der Waals surface area contributed by atoms with Gasteiger partial charge >= 0.3 is 0 Å². The van der Waals surface area contributed by atoms with Crippen LogP contribution in [0.2, 0.25) is 5.82 Å². The second kappa shape index (κ2) is 8.27. The zero-order chi connectivity index (χ0) is 26.2. The van der Waals surface area contributed by atoms with E-state index in [-0.39, 0.29) is 18.6 Å². The Balaban J connectivity index is 1.41. The van der Waals surface area contributed by atoms with Crippen LogP contribution in [0, 0.1) is 0 Å². The van der Waals surface area contributed by atoms with E-state index >= 15 is 0 Å². The lowest BCUT2D eigenvalue weighted by atomic mass is 9.27. The third-order valence-electron chi connectivity index (χ3n) is 8.99. The van der Waals surface area contributed by atoms with E-state index in [1.54, 1.807) is 0 Å². The molecule has 0 fully saturated rings. The van der Waals surface area contributed by atoms with Gasteiger partial charge in [-0.3, -0.25) is 0 Å². The molecular weight excluding hydrogens is 485 g/mol. The van der Waals surface area contributed by atoms with E-state index < -0.39 is 0 Å². The zero-order valence-corrected chi connectivity index (χ0v) is 21.9. The van der Waals surface area contributed by atoms with Gasteiger partial charge in [-0.2, -0.15) is 0 Å². The lowest BCUT2D eigenvalue weighted by Crippen LogP contribution is -2.66. The Labute approximate surface area is 235 Å². The van der Waals surface area contributed by atoms with Gasteiger partial charge in [0.1, 0.15) is 0 Å². The molecule has 1 aliphatic carbocycles. The summed E-state index contributed by atoms with van der Waals surface area (Å²) in [5.74, 6) is 0.269. The third kappa shape index (κ3) is 2.85. The molecule has 2 unspecified atom stereocenters. The summed E-state index contributed by atoms with van der Waals surface area (Å²) in [6.07, 6.45) is 7.03. The fourth-order valence-electron chi connectivity index (χ4n) is 7.58. The molecule has 0 aromatic heterocycles. The fourth-order valence-corrected chi connectivity index (χ4v) is 7.58. The van der Waals surface area contributed by atoms with Crippen molar-refractivity contribution in [3.05, 3.63) is 151 Å². The van der Waals surface area contributed by atoms with Crippen molar-refractivity contribution < 1.29 is 0 Å². The van der Waals surface area contributed by atoms with Gasteiger partial charge in [0.25, 0.3) is 0 Å². The SMILES string of the molecule is C1=CC2C3B4c5c(cccc5N(c5ccccc5)c5cccc(c54)N2c2ccccc2)N(c2ccccc2)C3=C1. The minimum atomic E-state index is 0.200. The fraction of sp³-hybridized carbons (Fsp3) is 0.0556. The highest BCUT2D eigenvalue weighted by Crippen LogP contribution is 2.54.